The Labute approximate surface area is 152 Å². The predicted octanol–water partition coefficient (Wildman–Crippen LogP) is 3.70. The molecule has 0 radical (unpaired) electrons. The minimum Gasteiger partial charge on any atom is -0.494 e. The molecule has 6 heteroatoms. The minimum atomic E-state index is 0.464. The van der Waals surface area contributed by atoms with Crippen LogP contribution < -0.4 is 20.9 Å². The molecular weight excluding hydrogens is 330 g/mol. The molecule has 0 unspecified atom stereocenters. The van der Waals surface area contributed by atoms with E-state index in [1.54, 1.807) is 24.3 Å². The lowest BCUT2D eigenvalue weighted by molar-refractivity contribution is 0.112. The third-order valence-corrected chi connectivity index (χ3v) is 3.43. The summed E-state index contributed by atoms with van der Waals surface area (Å²) in [5.74, 6) is 1.80. The molecule has 0 aliphatic heterocycles. The summed E-state index contributed by atoms with van der Waals surface area (Å²) in [5.41, 5.74) is 13.4. The van der Waals surface area contributed by atoms with E-state index in [0.717, 1.165) is 17.2 Å². The van der Waals surface area contributed by atoms with Crippen molar-refractivity contribution in [1.29, 1.82) is 0 Å². The first-order valence-corrected chi connectivity index (χ1v) is 8.34. The molecule has 4 N–H and O–H groups in total. The van der Waals surface area contributed by atoms with Gasteiger partial charge in [0.1, 0.15) is 23.6 Å². The Morgan fingerprint density at radius 3 is 2.15 bits per heavy atom. The van der Waals surface area contributed by atoms with Crippen LogP contribution in [-0.4, -0.2) is 24.5 Å². The molecule has 0 fully saturated rings. The van der Waals surface area contributed by atoms with Crippen LogP contribution in [0.3, 0.4) is 0 Å². The number of aromatic nitrogens is 1. The van der Waals surface area contributed by atoms with Gasteiger partial charge in [-0.25, -0.2) is 4.98 Å². The highest BCUT2D eigenvalue weighted by molar-refractivity contribution is 5.91. The number of nitrogens with two attached hydrogens (primary N) is 2. The van der Waals surface area contributed by atoms with E-state index in [2.05, 4.69) is 4.98 Å². The van der Waals surface area contributed by atoms with Crippen LogP contribution in [0.4, 0.5) is 11.5 Å². The molecule has 1 heterocycles. The number of carbonyl (C=O) groups excluding carboxylic acids is 1. The van der Waals surface area contributed by atoms with Crippen molar-refractivity contribution < 1.29 is 14.3 Å². The molecule has 0 aliphatic rings. The molecule has 0 saturated carbocycles. The van der Waals surface area contributed by atoms with Gasteiger partial charge in [-0.05, 0) is 32.0 Å². The maximum atomic E-state index is 10.6. The van der Waals surface area contributed by atoms with Gasteiger partial charge >= 0.3 is 0 Å². The average molecular weight is 353 g/mol. The number of pyridine rings is 1. The summed E-state index contributed by atoms with van der Waals surface area (Å²) in [6.07, 6.45) is 0.783. The van der Waals surface area contributed by atoms with Crippen LogP contribution in [0.1, 0.15) is 24.2 Å². The number of nitrogen functional groups attached to an aromatic ring is 2. The highest BCUT2D eigenvalue weighted by Crippen LogP contribution is 2.22. The standard InChI is InChI=1S/C11H14O3.C9H9N3/c1-3-13-10-5-9(8-12)6-11(7-10)14-4-2;10-7-5-9(11)12-8-4-2-1-3-6(7)8/h5-8H,3-4H2,1-2H3;1-5H,(H4,10,11,12). The molecule has 1 aromatic heterocycles. The van der Waals surface area contributed by atoms with Crippen molar-refractivity contribution in [3.05, 3.63) is 54.1 Å². The number of hydrogen-bond donors (Lipinski definition) is 2. The molecular formula is C20H23N3O3. The molecule has 2 aromatic carbocycles. The number of hydrogen-bond acceptors (Lipinski definition) is 6. The molecule has 0 bridgehead atoms. The quantitative estimate of drug-likeness (QED) is 0.678. The average Bonchev–Trinajstić information content (AvgIpc) is 2.62. The van der Waals surface area contributed by atoms with E-state index in [0.29, 0.717) is 41.8 Å². The van der Waals surface area contributed by atoms with E-state index in [4.69, 9.17) is 20.9 Å². The van der Waals surface area contributed by atoms with E-state index in [1.807, 2.05) is 38.1 Å². The summed E-state index contributed by atoms with van der Waals surface area (Å²) >= 11 is 0. The fourth-order valence-corrected chi connectivity index (χ4v) is 2.39. The summed E-state index contributed by atoms with van der Waals surface area (Å²) < 4.78 is 10.6. The molecule has 0 spiro atoms. The van der Waals surface area contributed by atoms with Crippen LogP contribution in [0.2, 0.25) is 0 Å². The number of fused-ring (bicyclic) bond motifs is 1. The van der Waals surface area contributed by atoms with Gasteiger partial charge in [-0.3, -0.25) is 4.79 Å². The Kier molecular flexibility index (Phi) is 6.79. The number of para-hydroxylation sites is 1. The maximum Gasteiger partial charge on any atom is 0.150 e. The van der Waals surface area contributed by atoms with Crippen LogP contribution in [0.5, 0.6) is 11.5 Å². The second-order valence-electron chi connectivity index (χ2n) is 5.38. The molecule has 3 rings (SSSR count). The number of rotatable bonds is 5. The molecule has 3 aromatic rings. The van der Waals surface area contributed by atoms with Gasteiger partial charge in [-0.1, -0.05) is 18.2 Å². The van der Waals surface area contributed by atoms with Crippen LogP contribution in [0, 0.1) is 0 Å². The van der Waals surface area contributed by atoms with Crippen LogP contribution in [0.25, 0.3) is 10.9 Å². The van der Waals surface area contributed by atoms with E-state index < -0.39 is 0 Å². The predicted molar refractivity (Wildman–Crippen MR) is 105 cm³/mol. The molecule has 26 heavy (non-hydrogen) atoms. The molecule has 0 atom stereocenters. The van der Waals surface area contributed by atoms with Crippen LogP contribution in [-0.2, 0) is 0 Å². The summed E-state index contributed by atoms with van der Waals surface area (Å²) in [5, 5.41) is 0.951. The van der Waals surface area contributed by atoms with Crippen molar-refractivity contribution in [2.75, 3.05) is 24.7 Å². The lowest BCUT2D eigenvalue weighted by Crippen LogP contribution is -1.96. The first-order valence-electron chi connectivity index (χ1n) is 8.34. The molecule has 136 valence electrons. The number of benzene rings is 2. The summed E-state index contributed by atoms with van der Waals surface area (Å²) in [7, 11) is 0. The lowest BCUT2D eigenvalue weighted by atomic mass is 10.2. The van der Waals surface area contributed by atoms with Crippen molar-refractivity contribution in [1.82, 2.24) is 4.98 Å². The Morgan fingerprint density at radius 2 is 1.58 bits per heavy atom. The number of anilines is 2. The lowest BCUT2D eigenvalue weighted by Gasteiger charge is -2.07. The van der Waals surface area contributed by atoms with E-state index >= 15 is 0 Å². The van der Waals surface area contributed by atoms with Gasteiger partial charge in [0.15, 0.2) is 0 Å². The Morgan fingerprint density at radius 1 is 0.962 bits per heavy atom. The molecule has 0 amide bonds. The maximum absolute atomic E-state index is 10.6. The number of carbonyl (C=O) groups is 1. The van der Waals surface area contributed by atoms with E-state index in [9.17, 15) is 4.79 Å². The fraction of sp³-hybridized carbons (Fsp3) is 0.200. The minimum absolute atomic E-state index is 0.464. The van der Waals surface area contributed by atoms with Crippen LogP contribution in [0.15, 0.2) is 48.5 Å². The van der Waals surface area contributed by atoms with Gasteiger partial charge in [-0.15, -0.1) is 0 Å². The fourth-order valence-electron chi connectivity index (χ4n) is 2.39. The molecule has 0 saturated heterocycles. The Bertz CT molecular complexity index is 857. The van der Waals surface area contributed by atoms with Gasteiger partial charge in [0.05, 0.1) is 18.7 Å². The second-order valence-corrected chi connectivity index (χ2v) is 5.38. The normalized spacial score (nSPS) is 9.92. The smallest absolute Gasteiger partial charge is 0.150 e. The largest absolute Gasteiger partial charge is 0.494 e. The number of ether oxygens (including phenoxy) is 2. The highest BCUT2D eigenvalue weighted by Gasteiger charge is 2.01. The topological polar surface area (TPSA) is 100 Å². The Balaban J connectivity index is 0.000000189. The van der Waals surface area contributed by atoms with Crippen molar-refractivity contribution in [3.63, 3.8) is 0 Å². The van der Waals surface area contributed by atoms with Crippen molar-refractivity contribution >= 4 is 28.7 Å². The first kappa shape index (κ1) is 19.1. The van der Waals surface area contributed by atoms with Gasteiger partial charge < -0.3 is 20.9 Å². The zero-order valence-electron chi connectivity index (χ0n) is 14.9. The van der Waals surface area contributed by atoms with Crippen molar-refractivity contribution in [3.8, 4) is 11.5 Å². The first-order chi connectivity index (χ1) is 12.6. The van der Waals surface area contributed by atoms with Gasteiger partial charge in [-0.2, -0.15) is 0 Å². The molecule has 6 nitrogen and oxygen atoms in total. The second kappa shape index (κ2) is 9.27. The highest BCUT2D eigenvalue weighted by atomic mass is 16.5. The van der Waals surface area contributed by atoms with Gasteiger partial charge in [0.2, 0.25) is 0 Å². The van der Waals surface area contributed by atoms with Crippen LogP contribution >= 0.6 is 0 Å². The van der Waals surface area contributed by atoms with Crippen molar-refractivity contribution in [2.24, 2.45) is 0 Å². The van der Waals surface area contributed by atoms with E-state index in [1.165, 1.54) is 0 Å². The zero-order chi connectivity index (χ0) is 18.9. The Hall–Kier alpha value is -3.28. The summed E-state index contributed by atoms with van der Waals surface area (Å²) in [6, 6.07) is 14.5. The third kappa shape index (κ3) is 5.11. The third-order valence-electron chi connectivity index (χ3n) is 3.43. The molecule has 0 aliphatic carbocycles. The zero-order valence-corrected chi connectivity index (χ0v) is 14.9. The SMILES string of the molecule is CCOc1cc(C=O)cc(OCC)c1.Nc1cc(N)c2ccccc2n1. The van der Waals surface area contributed by atoms with E-state index in [-0.39, 0.29) is 0 Å². The number of nitrogens with zero attached hydrogens (tertiary/aromatic N) is 1. The van der Waals surface area contributed by atoms with Gasteiger partial charge in [0.25, 0.3) is 0 Å². The van der Waals surface area contributed by atoms with Crippen molar-refractivity contribution in [2.45, 2.75) is 13.8 Å². The summed E-state index contributed by atoms with van der Waals surface area (Å²) in [4.78, 5) is 14.7. The number of aldehydes is 1. The van der Waals surface area contributed by atoms with Gasteiger partial charge in [0, 0.05) is 28.8 Å². The summed E-state index contributed by atoms with van der Waals surface area (Å²) in [6.45, 7) is 4.95. The monoisotopic (exact) mass is 353 g/mol.